The lowest BCUT2D eigenvalue weighted by atomic mass is 10.1. The zero-order valence-electron chi connectivity index (χ0n) is 19.2. The minimum atomic E-state index is -4.01. The van der Waals surface area contributed by atoms with E-state index in [9.17, 15) is 17.6 Å². The van der Waals surface area contributed by atoms with Gasteiger partial charge in [-0.05, 0) is 73.5 Å². The summed E-state index contributed by atoms with van der Waals surface area (Å²) in [6, 6.07) is 19.5. The van der Waals surface area contributed by atoms with Crippen molar-refractivity contribution >= 4 is 27.3 Å². The Balaban J connectivity index is 1.45. The number of carbonyl (C=O) groups excluding carboxylic acids is 1. The van der Waals surface area contributed by atoms with Crippen LogP contribution < -0.4 is 9.62 Å². The first kappa shape index (κ1) is 24.2. The minimum absolute atomic E-state index is 0.186. The maximum atomic E-state index is 13.9. The summed E-state index contributed by atoms with van der Waals surface area (Å²) >= 11 is 0. The van der Waals surface area contributed by atoms with Crippen LogP contribution in [0.15, 0.2) is 71.6 Å². The fourth-order valence-corrected chi connectivity index (χ4v) is 5.04. The molecule has 3 aromatic carbocycles. The van der Waals surface area contributed by atoms with Crippen molar-refractivity contribution in [2.24, 2.45) is 0 Å². The molecule has 0 radical (unpaired) electrons. The molecule has 1 amide bonds. The van der Waals surface area contributed by atoms with Crippen LogP contribution in [0.25, 0.3) is 0 Å². The predicted octanol–water partition coefficient (Wildman–Crippen LogP) is 4.16. The average molecular weight is 493 g/mol. The smallest absolute Gasteiger partial charge is 0.261 e. The molecule has 0 spiro atoms. The summed E-state index contributed by atoms with van der Waals surface area (Å²) in [6.45, 7) is 4.06. The molecule has 0 aliphatic carbocycles. The molecule has 3 aromatic rings. The van der Waals surface area contributed by atoms with Crippen LogP contribution >= 0.6 is 0 Å². The van der Waals surface area contributed by atoms with Gasteiger partial charge in [0.15, 0.2) is 0 Å². The molecule has 1 aliphatic heterocycles. The lowest BCUT2D eigenvalue weighted by Gasteiger charge is -2.24. The topological polar surface area (TPSA) is 93.5 Å². The summed E-state index contributed by atoms with van der Waals surface area (Å²) in [7, 11) is -4.01. The van der Waals surface area contributed by atoms with Crippen molar-refractivity contribution in [2.75, 3.05) is 35.8 Å². The Hall–Kier alpha value is -3.90. The third-order valence-corrected chi connectivity index (χ3v) is 7.34. The Morgan fingerprint density at radius 3 is 2.49 bits per heavy atom. The van der Waals surface area contributed by atoms with Gasteiger partial charge in [-0.2, -0.15) is 5.26 Å². The second kappa shape index (κ2) is 10.2. The molecule has 9 heteroatoms. The number of carbonyl (C=O) groups is 1. The van der Waals surface area contributed by atoms with Crippen molar-refractivity contribution in [3.63, 3.8) is 0 Å². The average Bonchev–Trinajstić information content (AvgIpc) is 3.11. The van der Waals surface area contributed by atoms with E-state index in [0.717, 1.165) is 24.7 Å². The van der Waals surface area contributed by atoms with Crippen molar-refractivity contribution in [1.29, 1.82) is 5.26 Å². The Morgan fingerprint density at radius 2 is 1.77 bits per heavy atom. The van der Waals surface area contributed by atoms with E-state index in [1.54, 1.807) is 42.2 Å². The largest absolute Gasteiger partial charge is 0.370 e. The molecule has 35 heavy (non-hydrogen) atoms. The van der Waals surface area contributed by atoms with Crippen molar-refractivity contribution < 1.29 is 17.6 Å². The van der Waals surface area contributed by atoms with E-state index in [1.807, 2.05) is 12.1 Å². The second-order valence-corrected chi connectivity index (χ2v) is 10.1. The minimum Gasteiger partial charge on any atom is -0.370 e. The number of hydrogen-bond donors (Lipinski definition) is 1. The molecular formula is C26H25FN4O3S. The molecular weight excluding hydrogens is 467 g/mol. The van der Waals surface area contributed by atoms with E-state index in [2.05, 4.69) is 15.7 Å². The highest BCUT2D eigenvalue weighted by molar-refractivity contribution is 7.92. The lowest BCUT2D eigenvalue weighted by molar-refractivity contribution is 0.0767. The van der Waals surface area contributed by atoms with Crippen LogP contribution in [-0.2, 0) is 10.0 Å². The molecule has 0 bridgehead atoms. The van der Waals surface area contributed by atoms with Gasteiger partial charge in [0, 0.05) is 43.1 Å². The molecule has 0 unspecified atom stereocenters. The summed E-state index contributed by atoms with van der Waals surface area (Å²) in [5.74, 6) is -0.790. The highest BCUT2D eigenvalue weighted by Gasteiger charge is 2.22. The summed E-state index contributed by atoms with van der Waals surface area (Å²) in [4.78, 5) is 16.9. The zero-order chi connectivity index (χ0) is 25.0. The molecule has 0 aromatic heterocycles. The van der Waals surface area contributed by atoms with Crippen molar-refractivity contribution in [2.45, 2.75) is 18.2 Å². The van der Waals surface area contributed by atoms with Crippen LogP contribution in [0.1, 0.15) is 27.9 Å². The summed E-state index contributed by atoms with van der Waals surface area (Å²) in [6.07, 6.45) is 0.775. The molecule has 0 atom stereocenters. The number of nitrogens with zero attached hydrogens (tertiary/aromatic N) is 3. The summed E-state index contributed by atoms with van der Waals surface area (Å²) in [5, 5.41) is 8.99. The number of sulfonamides is 1. The standard InChI is InChI=1S/C26H25FN4O3S/c1-19-6-11-24(17-25(19)27)35(33,34)29-22-5-2-4-21(16-22)26(32)31-13-3-12-30(14-15-31)23-9-7-20(18-28)8-10-23/h2,4-11,16-17,29H,3,12-15H2,1H3. The van der Waals surface area contributed by atoms with Crippen LogP contribution in [0.2, 0.25) is 0 Å². The number of rotatable bonds is 5. The lowest BCUT2D eigenvalue weighted by Crippen LogP contribution is -2.35. The zero-order valence-corrected chi connectivity index (χ0v) is 20.1. The maximum Gasteiger partial charge on any atom is 0.261 e. The van der Waals surface area contributed by atoms with E-state index < -0.39 is 15.8 Å². The van der Waals surface area contributed by atoms with Crippen molar-refractivity contribution in [3.05, 3.63) is 89.2 Å². The van der Waals surface area contributed by atoms with Gasteiger partial charge in [-0.25, -0.2) is 12.8 Å². The Morgan fingerprint density at radius 1 is 1.00 bits per heavy atom. The van der Waals surface area contributed by atoms with E-state index in [0.29, 0.717) is 36.3 Å². The monoisotopic (exact) mass is 492 g/mol. The first-order chi connectivity index (χ1) is 16.8. The molecule has 7 nitrogen and oxygen atoms in total. The Labute approximate surface area is 204 Å². The molecule has 1 saturated heterocycles. The van der Waals surface area contributed by atoms with Gasteiger partial charge in [0.05, 0.1) is 16.5 Å². The highest BCUT2D eigenvalue weighted by Crippen LogP contribution is 2.22. The predicted molar refractivity (Wildman–Crippen MR) is 132 cm³/mol. The Bertz CT molecular complexity index is 1380. The number of hydrogen-bond acceptors (Lipinski definition) is 5. The summed E-state index contributed by atoms with van der Waals surface area (Å²) in [5.41, 5.74) is 2.55. The third kappa shape index (κ3) is 5.61. The van der Waals surface area contributed by atoms with E-state index in [4.69, 9.17) is 5.26 Å². The van der Waals surface area contributed by atoms with E-state index in [-0.39, 0.29) is 16.5 Å². The van der Waals surface area contributed by atoms with Crippen LogP contribution in [0.3, 0.4) is 0 Å². The van der Waals surface area contributed by atoms with Crippen molar-refractivity contribution in [1.82, 2.24) is 4.90 Å². The van der Waals surface area contributed by atoms with Gasteiger partial charge in [-0.1, -0.05) is 12.1 Å². The number of nitriles is 1. The fourth-order valence-electron chi connectivity index (χ4n) is 3.98. The molecule has 1 fully saturated rings. The quantitative estimate of drug-likeness (QED) is 0.577. The molecule has 1 heterocycles. The second-order valence-electron chi connectivity index (χ2n) is 8.39. The highest BCUT2D eigenvalue weighted by atomic mass is 32.2. The van der Waals surface area contributed by atoms with Crippen LogP contribution in [0.4, 0.5) is 15.8 Å². The molecule has 1 aliphatic rings. The van der Waals surface area contributed by atoms with Gasteiger partial charge in [-0.3, -0.25) is 9.52 Å². The molecule has 0 saturated carbocycles. The van der Waals surface area contributed by atoms with Gasteiger partial charge in [-0.15, -0.1) is 0 Å². The molecule has 4 rings (SSSR count). The third-order valence-electron chi connectivity index (χ3n) is 5.96. The SMILES string of the molecule is Cc1ccc(S(=O)(=O)Nc2cccc(C(=O)N3CCCN(c4ccc(C#N)cc4)CC3)c2)cc1F. The van der Waals surface area contributed by atoms with Gasteiger partial charge in [0.25, 0.3) is 15.9 Å². The maximum absolute atomic E-state index is 13.9. The van der Waals surface area contributed by atoms with Gasteiger partial charge < -0.3 is 9.80 Å². The number of benzene rings is 3. The van der Waals surface area contributed by atoms with Gasteiger partial charge >= 0.3 is 0 Å². The van der Waals surface area contributed by atoms with Crippen LogP contribution in [-0.4, -0.2) is 45.4 Å². The number of aryl methyl sites for hydroxylation is 1. The van der Waals surface area contributed by atoms with Crippen molar-refractivity contribution in [3.8, 4) is 6.07 Å². The first-order valence-corrected chi connectivity index (χ1v) is 12.7. The Kier molecular flexibility index (Phi) is 7.03. The fraction of sp³-hybridized carbons (Fsp3) is 0.231. The molecule has 1 N–H and O–H groups in total. The van der Waals surface area contributed by atoms with Crippen LogP contribution in [0, 0.1) is 24.1 Å². The summed E-state index contributed by atoms with van der Waals surface area (Å²) < 4.78 is 41.7. The number of nitrogens with one attached hydrogen (secondary N) is 1. The van der Waals surface area contributed by atoms with E-state index in [1.165, 1.54) is 18.2 Å². The normalized spacial score (nSPS) is 14.2. The number of anilines is 2. The first-order valence-electron chi connectivity index (χ1n) is 11.2. The number of halogens is 1. The molecule has 180 valence electrons. The number of amides is 1. The van der Waals surface area contributed by atoms with E-state index >= 15 is 0 Å². The van der Waals surface area contributed by atoms with Gasteiger partial charge in [0.2, 0.25) is 0 Å². The van der Waals surface area contributed by atoms with Gasteiger partial charge in [0.1, 0.15) is 5.82 Å². The van der Waals surface area contributed by atoms with Crippen LogP contribution in [0.5, 0.6) is 0 Å².